The van der Waals surface area contributed by atoms with Crippen molar-refractivity contribution in [2.45, 2.75) is 43.6 Å². The van der Waals surface area contributed by atoms with Crippen molar-refractivity contribution in [2.75, 3.05) is 0 Å². The molecule has 5 heteroatoms. The Bertz CT molecular complexity index is 227. The predicted molar refractivity (Wildman–Crippen MR) is 38.8 cm³/mol. The van der Waals surface area contributed by atoms with Gasteiger partial charge in [0.25, 0.3) is 0 Å². The summed E-state index contributed by atoms with van der Waals surface area (Å²) in [5.74, 6) is 0. The molecular weight excluding hydrogens is 186 g/mol. The first-order chi connectivity index (χ1) is 5.82. The zero-order chi connectivity index (χ0) is 9.91. The maximum Gasteiger partial charge on any atom is 0.420 e. The first kappa shape index (κ1) is 9.24. The number of hydrogen-bond acceptors (Lipinski definition) is 1. The van der Waals surface area contributed by atoms with Crippen LogP contribution in [0.2, 0.25) is 0 Å². The van der Waals surface area contributed by atoms with Gasteiger partial charge in [-0.1, -0.05) is 0 Å². The molecule has 0 aromatic carbocycles. The third-order valence-corrected chi connectivity index (χ3v) is 3.34. The lowest BCUT2D eigenvalue weighted by molar-refractivity contribution is -0.202. The summed E-state index contributed by atoms with van der Waals surface area (Å²) < 4.78 is 49.4. The molecule has 0 radical (unpaired) electrons. The van der Waals surface area contributed by atoms with Crippen LogP contribution in [-0.4, -0.2) is 17.9 Å². The van der Waals surface area contributed by atoms with Gasteiger partial charge in [0.2, 0.25) is 6.17 Å². The topological polar surface area (TPSA) is 26.0 Å². The van der Waals surface area contributed by atoms with Crippen molar-refractivity contribution in [3.63, 3.8) is 0 Å². The van der Waals surface area contributed by atoms with Gasteiger partial charge in [0.1, 0.15) is 0 Å². The van der Waals surface area contributed by atoms with E-state index in [9.17, 15) is 17.6 Å². The molecule has 0 spiro atoms. The van der Waals surface area contributed by atoms with Crippen LogP contribution in [0.5, 0.6) is 0 Å². The summed E-state index contributed by atoms with van der Waals surface area (Å²) in [6, 6.07) is 0. The van der Waals surface area contributed by atoms with Gasteiger partial charge in [-0.15, -0.1) is 0 Å². The van der Waals surface area contributed by atoms with Crippen molar-refractivity contribution in [3.05, 3.63) is 0 Å². The third kappa shape index (κ3) is 1.16. The molecule has 1 atom stereocenters. The van der Waals surface area contributed by atoms with Crippen molar-refractivity contribution in [1.82, 2.24) is 0 Å². The number of rotatable bonds is 2. The molecule has 1 unspecified atom stereocenters. The van der Waals surface area contributed by atoms with Crippen LogP contribution in [0.4, 0.5) is 17.6 Å². The maximum atomic E-state index is 13.1. The molecule has 0 aromatic heterocycles. The number of hydrogen-bond donors (Lipinski definition) is 1. The van der Waals surface area contributed by atoms with Crippen LogP contribution < -0.4 is 5.73 Å². The Morgan fingerprint density at radius 1 is 1.08 bits per heavy atom. The van der Waals surface area contributed by atoms with Gasteiger partial charge in [0.15, 0.2) is 0 Å². The summed E-state index contributed by atoms with van der Waals surface area (Å²) in [6.07, 6.45) is -5.85. The highest BCUT2D eigenvalue weighted by molar-refractivity contribution is 5.22. The second kappa shape index (κ2) is 2.19. The lowest BCUT2D eigenvalue weighted by atomic mass is 9.89. The molecule has 0 amide bonds. The fourth-order valence-corrected chi connectivity index (χ4v) is 2.08. The van der Waals surface area contributed by atoms with Gasteiger partial charge in [0.05, 0.1) is 0 Å². The minimum absolute atomic E-state index is 0.282. The van der Waals surface area contributed by atoms with Crippen LogP contribution in [0, 0.1) is 5.41 Å². The van der Waals surface area contributed by atoms with E-state index in [0.29, 0.717) is 12.8 Å². The average Bonchev–Trinajstić information content (AvgIpc) is 2.78. The summed E-state index contributed by atoms with van der Waals surface area (Å²) in [5, 5.41) is 0. The van der Waals surface area contributed by atoms with Gasteiger partial charge >= 0.3 is 6.18 Å². The Morgan fingerprint density at radius 2 is 1.54 bits per heavy atom. The number of halogens is 4. The van der Waals surface area contributed by atoms with Gasteiger partial charge in [-0.05, 0) is 25.7 Å². The number of nitrogens with two attached hydrogens (primary N) is 1. The predicted octanol–water partition coefficient (Wildman–Crippen LogP) is 2.16. The van der Waals surface area contributed by atoms with E-state index >= 15 is 0 Å². The highest BCUT2D eigenvalue weighted by Crippen LogP contribution is 2.67. The molecule has 2 saturated carbocycles. The minimum Gasteiger partial charge on any atom is -0.324 e. The summed E-state index contributed by atoms with van der Waals surface area (Å²) in [6.45, 7) is 0. The smallest absolute Gasteiger partial charge is 0.324 e. The molecule has 2 rings (SSSR count). The number of alkyl halides is 4. The molecule has 2 fully saturated rings. The van der Waals surface area contributed by atoms with Crippen LogP contribution in [0.1, 0.15) is 25.7 Å². The molecule has 0 aromatic rings. The van der Waals surface area contributed by atoms with E-state index in [0.717, 1.165) is 0 Å². The monoisotopic (exact) mass is 197 g/mol. The Hall–Kier alpha value is -0.320. The summed E-state index contributed by atoms with van der Waals surface area (Å²) in [7, 11) is 0. The molecule has 13 heavy (non-hydrogen) atoms. The van der Waals surface area contributed by atoms with Crippen LogP contribution in [0.15, 0.2) is 0 Å². The molecule has 2 aliphatic rings. The molecular formula is C8H11F4N. The van der Waals surface area contributed by atoms with E-state index < -0.39 is 23.3 Å². The van der Waals surface area contributed by atoms with Crippen LogP contribution in [0.25, 0.3) is 0 Å². The second-order valence-corrected chi connectivity index (χ2v) is 4.22. The second-order valence-electron chi connectivity index (χ2n) is 4.22. The van der Waals surface area contributed by atoms with Crippen LogP contribution in [0.3, 0.4) is 0 Å². The van der Waals surface area contributed by atoms with Crippen molar-refractivity contribution >= 4 is 0 Å². The molecule has 0 saturated heterocycles. The van der Waals surface area contributed by atoms with Crippen molar-refractivity contribution in [1.29, 1.82) is 0 Å². The third-order valence-electron chi connectivity index (χ3n) is 3.34. The molecule has 0 bridgehead atoms. The lowest BCUT2D eigenvalue weighted by Crippen LogP contribution is -2.46. The summed E-state index contributed by atoms with van der Waals surface area (Å²) in [4.78, 5) is 0. The Balaban J connectivity index is 2.16. The standard InChI is InChI=1S/C8H11F4N/c9-5(8(10,11)12)6(1-2-6)7(13)3-4-7/h5H,1-4,13H2. The van der Waals surface area contributed by atoms with Crippen LogP contribution in [-0.2, 0) is 0 Å². The highest BCUT2D eigenvalue weighted by Gasteiger charge is 2.72. The van der Waals surface area contributed by atoms with Gasteiger partial charge in [-0.3, -0.25) is 0 Å². The lowest BCUT2D eigenvalue weighted by Gasteiger charge is -2.27. The fraction of sp³-hybridized carbons (Fsp3) is 1.00. The molecule has 2 N–H and O–H groups in total. The van der Waals surface area contributed by atoms with E-state index in [2.05, 4.69) is 0 Å². The zero-order valence-electron chi connectivity index (χ0n) is 6.99. The Kier molecular flexibility index (Phi) is 1.56. The van der Waals surface area contributed by atoms with Gasteiger partial charge in [-0.25, -0.2) is 4.39 Å². The Labute approximate surface area is 73.3 Å². The van der Waals surface area contributed by atoms with E-state index in [1.165, 1.54) is 0 Å². The normalized spacial score (nSPS) is 31.2. The van der Waals surface area contributed by atoms with E-state index in [1.54, 1.807) is 0 Å². The van der Waals surface area contributed by atoms with Gasteiger partial charge in [0, 0.05) is 11.0 Å². The first-order valence-electron chi connectivity index (χ1n) is 4.32. The SMILES string of the molecule is NC1(C2(C(F)C(F)(F)F)CC2)CC1. The first-order valence-corrected chi connectivity index (χ1v) is 4.32. The maximum absolute atomic E-state index is 13.1. The van der Waals surface area contributed by atoms with E-state index in [-0.39, 0.29) is 12.8 Å². The van der Waals surface area contributed by atoms with Crippen molar-refractivity contribution < 1.29 is 17.6 Å². The highest BCUT2D eigenvalue weighted by atomic mass is 19.4. The molecule has 0 heterocycles. The summed E-state index contributed by atoms with van der Waals surface area (Å²) in [5.41, 5.74) is 3.51. The minimum atomic E-state index is -4.74. The molecule has 2 aliphatic carbocycles. The van der Waals surface area contributed by atoms with Crippen LogP contribution >= 0.6 is 0 Å². The van der Waals surface area contributed by atoms with E-state index in [1.807, 2.05) is 0 Å². The van der Waals surface area contributed by atoms with Gasteiger partial charge in [-0.2, -0.15) is 13.2 Å². The summed E-state index contributed by atoms with van der Waals surface area (Å²) >= 11 is 0. The van der Waals surface area contributed by atoms with Crippen molar-refractivity contribution in [3.8, 4) is 0 Å². The molecule has 0 aliphatic heterocycles. The largest absolute Gasteiger partial charge is 0.420 e. The van der Waals surface area contributed by atoms with Gasteiger partial charge < -0.3 is 5.73 Å². The van der Waals surface area contributed by atoms with Crippen molar-refractivity contribution in [2.24, 2.45) is 11.1 Å². The fourth-order valence-electron chi connectivity index (χ4n) is 2.08. The zero-order valence-corrected chi connectivity index (χ0v) is 6.99. The quantitative estimate of drug-likeness (QED) is 0.674. The molecule has 76 valence electrons. The van der Waals surface area contributed by atoms with E-state index in [4.69, 9.17) is 5.73 Å². The Morgan fingerprint density at radius 3 is 1.77 bits per heavy atom. The average molecular weight is 197 g/mol. The molecule has 1 nitrogen and oxygen atoms in total.